The van der Waals surface area contributed by atoms with Gasteiger partial charge < -0.3 is 9.13 Å². The smallest absolute Gasteiger partial charge is 0.343 e. The van der Waals surface area contributed by atoms with Gasteiger partial charge in [-0.05, 0) is 131 Å². The van der Waals surface area contributed by atoms with Crippen molar-refractivity contribution in [3.05, 3.63) is 81.4 Å². The molecule has 0 spiro atoms. The van der Waals surface area contributed by atoms with E-state index in [1.807, 2.05) is 47.0 Å². The van der Waals surface area contributed by atoms with E-state index < -0.39 is 26.7 Å². The fraction of sp³-hybridized carbons (Fsp3) is 0.696. The van der Waals surface area contributed by atoms with Crippen molar-refractivity contribution in [2.24, 2.45) is 0 Å². The van der Waals surface area contributed by atoms with E-state index in [-0.39, 0.29) is 11.8 Å². The zero-order chi connectivity index (χ0) is 74.2. The fourth-order valence-corrected chi connectivity index (χ4v) is 22.3. The Labute approximate surface area is 648 Å². The van der Waals surface area contributed by atoms with Crippen molar-refractivity contribution in [1.29, 1.82) is 0 Å². The van der Waals surface area contributed by atoms with Crippen LogP contribution in [0.15, 0.2) is 54.6 Å². The van der Waals surface area contributed by atoms with Gasteiger partial charge in [-0.15, -0.1) is 45.3 Å². The number of unbranched alkanes of at least 4 members (excludes halogenated alkanes) is 45. The number of aryl methyl sites for hydroxylation is 3. The average molecular weight is 1530 g/mol. The molecule has 0 N–H and O–H groups in total. The van der Waals surface area contributed by atoms with Crippen molar-refractivity contribution in [3.8, 4) is 39.8 Å². The lowest BCUT2D eigenvalue weighted by atomic mass is 10.0. The lowest BCUT2D eigenvalue weighted by Gasteiger charge is -2.15. The van der Waals surface area contributed by atoms with Gasteiger partial charge in [0.2, 0.25) is 0 Å². The van der Waals surface area contributed by atoms with Gasteiger partial charge in [-0.2, -0.15) is 13.2 Å². The summed E-state index contributed by atoms with van der Waals surface area (Å²) < 4.78 is 84.1. The summed E-state index contributed by atoms with van der Waals surface area (Å²) in [5, 5.41) is 4.22. The number of sulfone groups is 1. The van der Waals surface area contributed by atoms with Crippen LogP contribution in [0.2, 0.25) is 0 Å². The molecule has 0 aliphatic heterocycles. The van der Waals surface area contributed by atoms with Crippen molar-refractivity contribution in [3.63, 3.8) is 0 Å². The van der Waals surface area contributed by atoms with Gasteiger partial charge in [0.15, 0.2) is 14.7 Å². The Morgan fingerprint density at radius 3 is 1.17 bits per heavy atom. The van der Waals surface area contributed by atoms with E-state index in [4.69, 9.17) is 0 Å². The van der Waals surface area contributed by atoms with Crippen LogP contribution in [0.3, 0.4) is 0 Å². The van der Waals surface area contributed by atoms with Crippen LogP contribution in [0.25, 0.3) is 71.9 Å². The number of thiophene rings is 4. The number of alkyl halides is 3. The zero-order valence-corrected chi connectivity index (χ0v) is 71.1. The van der Waals surface area contributed by atoms with E-state index in [1.165, 1.54) is 288 Å². The number of benzene rings is 1. The van der Waals surface area contributed by atoms with Gasteiger partial charge in [0.05, 0.1) is 21.7 Å². The van der Waals surface area contributed by atoms with Crippen LogP contribution in [-0.4, -0.2) is 29.5 Å². The molecule has 0 bridgehead atoms. The number of hydrogen-bond donors (Lipinski definition) is 0. The summed E-state index contributed by atoms with van der Waals surface area (Å²) in [4.78, 5) is 8.90. The quantitative estimate of drug-likeness (QED) is 0.0357. The lowest BCUT2D eigenvalue weighted by Crippen LogP contribution is -2.33. The number of rotatable bonds is 60. The molecule has 584 valence electrons. The SMILES string of the molecule is CCCCCCCCCCCC/C(C)=c1\c2cc3c(C)n(CCCCCCCCCCCC)/c(=C(\C(F)(F)F)S(=O)(=O)CCCCCCCCCCCC)c3cc2c(-c2ccc(-c3ccc(-c4cc(CCCCCCCCCCCC)c(-c5ccc(C)s5)s4)s3)s2)n1CCCCCCCCCCCC. The largest absolute Gasteiger partial charge is 0.429 e. The van der Waals surface area contributed by atoms with Crippen LogP contribution in [-0.2, 0) is 29.3 Å². The molecule has 0 saturated carbocycles. The minimum absolute atomic E-state index is 0.147. The van der Waals surface area contributed by atoms with Crippen molar-refractivity contribution in [1.82, 2.24) is 9.13 Å². The third-order valence-electron chi connectivity index (χ3n) is 22.4. The number of aromatic nitrogens is 2. The number of nitrogens with zero attached hydrogens (tertiary/aromatic N) is 2. The molecule has 0 aliphatic rings. The van der Waals surface area contributed by atoms with E-state index in [9.17, 15) is 0 Å². The third-order valence-corrected chi connectivity index (χ3v) is 29.2. The van der Waals surface area contributed by atoms with Crippen molar-refractivity contribution < 1.29 is 21.6 Å². The van der Waals surface area contributed by atoms with Crippen LogP contribution in [0, 0.1) is 13.8 Å². The van der Waals surface area contributed by atoms with Crippen LogP contribution in [0.1, 0.15) is 385 Å². The van der Waals surface area contributed by atoms with Crippen LogP contribution in [0.5, 0.6) is 0 Å². The first-order chi connectivity index (χ1) is 50.7. The topological polar surface area (TPSA) is 44.0 Å². The third kappa shape index (κ3) is 28.8. The Bertz CT molecular complexity index is 3730. The molecule has 0 amide bonds. The van der Waals surface area contributed by atoms with Gasteiger partial charge in [0.25, 0.3) is 0 Å². The summed E-state index contributed by atoms with van der Waals surface area (Å²) in [7, 11) is -4.78. The lowest BCUT2D eigenvalue weighted by molar-refractivity contribution is -0.0667. The van der Waals surface area contributed by atoms with Crippen LogP contribution in [0.4, 0.5) is 13.2 Å². The maximum atomic E-state index is 16.6. The van der Waals surface area contributed by atoms with Gasteiger partial charge in [-0.1, -0.05) is 324 Å². The highest BCUT2D eigenvalue weighted by atomic mass is 32.2. The standard InChI is InChI=1S/C92H143F3N2O2S5/c1-9-14-19-24-29-34-39-44-49-54-59-73(6)87-79-71-77-75(8)96(67-56-51-46-41-36-31-26-21-16-11-3)89(91(92(93,94)95)104(98,99)69-58-53-48-43-38-33-28-23-18-13-5)78(77)72-80(79)88(97(87)68-57-52-47-42-37-32-27-22-17-12-4)84-66-65-82(102-84)81-63-64-83(101-81)86-70-76(90(103-86)85-62-61-74(7)100-85)60-55-50-45-40-35-30-25-20-15-10-2/h61-66,70-72H,9-60,67-69H2,1-8H3/b87-73+,91-89+. The molecule has 0 radical (unpaired) electrons. The molecule has 7 rings (SSSR count). The maximum Gasteiger partial charge on any atom is 0.429 e. The summed E-state index contributed by atoms with van der Waals surface area (Å²) in [6, 6.07) is 20.6. The Balaban J connectivity index is 1.34. The molecule has 0 atom stereocenters. The molecule has 0 fully saturated rings. The van der Waals surface area contributed by atoms with Gasteiger partial charge in [0, 0.05) is 79.8 Å². The fourth-order valence-electron chi connectivity index (χ4n) is 16.2. The molecule has 12 heteroatoms. The van der Waals surface area contributed by atoms with Crippen molar-refractivity contribution in [2.75, 3.05) is 5.75 Å². The van der Waals surface area contributed by atoms with Crippen LogP contribution < -0.4 is 10.7 Å². The zero-order valence-electron chi connectivity index (χ0n) is 67.0. The number of hydrogen-bond acceptors (Lipinski definition) is 6. The molecule has 6 heterocycles. The minimum atomic E-state index is -5.10. The molecule has 104 heavy (non-hydrogen) atoms. The van der Waals surface area contributed by atoms with Gasteiger partial charge in [0.1, 0.15) is 0 Å². The summed E-state index contributed by atoms with van der Waals surface area (Å²) in [6.07, 6.45) is 56.1. The van der Waals surface area contributed by atoms with Crippen molar-refractivity contribution >= 4 is 87.2 Å². The first-order valence-electron chi connectivity index (χ1n) is 43.3. The van der Waals surface area contributed by atoms with E-state index in [2.05, 4.69) is 102 Å². The second-order valence-electron chi connectivity index (χ2n) is 31.4. The van der Waals surface area contributed by atoms with E-state index >= 15 is 21.6 Å². The predicted molar refractivity (Wildman–Crippen MR) is 459 cm³/mol. The minimum Gasteiger partial charge on any atom is -0.343 e. The van der Waals surface area contributed by atoms with Crippen molar-refractivity contribution in [2.45, 2.75) is 409 Å². The maximum absolute atomic E-state index is 16.6. The highest BCUT2D eigenvalue weighted by Crippen LogP contribution is 2.47. The van der Waals surface area contributed by atoms with Gasteiger partial charge >= 0.3 is 6.18 Å². The second-order valence-corrected chi connectivity index (χ2v) is 38.0. The van der Waals surface area contributed by atoms with Gasteiger partial charge in [-0.3, -0.25) is 0 Å². The van der Waals surface area contributed by atoms with Gasteiger partial charge in [-0.25, -0.2) is 8.42 Å². The van der Waals surface area contributed by atoms with E-state index in [0.29, 0.717) is 24.8 Å². The Kier molecular flexibility index (Phi) is 41.9. The summed E-state index contributed by atoms with van der Waals surface area (Å²) in [6.45, 7) is 19.0. The van der Waals surface area contributed by atoms with Crippen LogP contribution >= 0.6 is 45.3 Å². The number of fused-ring (bicyclic) bond motifs is 2. The van der Waals surface area contributed by atoms with E-state index in [0.717, 1.165) is 116 Å². The molecule has 7 aromatic rings. The Morgan fingerprint density at radius 1 is 0.365 bits per heavy atom. The monoisotopic (exact) mass is 1520 g/mol. The molecule has 0 saturated heterocycles. The summed E-state index contributed by atoms with van der Waals surface area (Å²) in [5.41, 5.74) is 4.59. The molecule has 4 nitrogen and oxygen atoms in total. The highest BCUT2D eigenvalue weighted by molar-refractivity contribution is 8.00. The Hall–Kier alpha value is -3.42. The average Bonchev–Trinajstić information content (AvgIpc) is 1.55. The first kappa shape index (κ1) is 87.8. The molecular formula is C92H143F3N2O2S5. The molecular weight excluding hydrogens is 1380 g/mol. The van der Waals surface area contributed by atoms with E-state index in [1.54, 1.807) is 15.9 Å². The first-order valence-corrected chi connectivity index (χ1v) is 48.2. The second kappa shape index (κ2) is 49.7. The summed E-state index contributed by atoms with van der Waals surface area (Å²) >= 11 is 7.52. The number of halogens is 3. The molecule has 6 aromatic heterocycles. The molecule has 0 unspecified atom stereocenters. The summed E-state index contributed by atoms with van der Waals surface area (Å²) in [5.74, 6) is -0.507. The predicted octanol–water partition coefficient (Wildman–Crippen LogP) is 31.9. The highest BCUT2D eigenvalue weighted by Gasteiger charge is 2.44. The molecule has 1 aromatic carbocycles. The molecule has 0 aliphatic carbocycles. The Morgan fingerprint density at radius 2 is 0.731 bits per heavy atom. The normalized spacial score (nSPS) is 13.0.